The summed E-state index contributed by atoms with van der Waals surface area (Å²) in [6.45, 7) is 0.663. The molecule has 0 aromatic rings. The number of nitrogens with one attached hydrogen (secondary N) is 1. The van der Waals surface area contributed by atoms with Crippen molar-refractivity contribution >= 4 is 18.0 Å². The van der Waals surface area contributed by atoms with E-state index in [1.54, 1.807) is 0 Å². The van der Waals surface area contributed by atoms with Crippen molar-refractivity contribution < 1.29 is 24.2 Å². The number of hydrogen-bond donors (Lipinski definition) is 2. The van der Waals surface area contributed by atoms with Gasteiger partial charge in [0.05, 0.1) is 6.42 Å². The van der Waals surface area contributed by atoms with Crippen LogP contribution in [0.4, 0.5) is 4.79 Å². The van der Waals surface area contributed by atoms with E-state index in [4.69, 9.17) is 9.84 Å². The Labute approximate surface area is 123 Å². The SMILES string of the molecule is O=C(O)CCNC(=O)[C@@H]1COC(=O)N1CC1CCCCC1. The molecule has 0 aromatic heterocycles. The van der Waals surface area contributed by atoms with Crippen molar-refractivity contribution in [2.45, 2.75) is 44.6 Å². The number of aliphatic carboxylic acids is 1. The molecule has 1 atom stereocenters. The minimum absolute atomic E-state index is 0.0461. The van der Waals surface area contributed by atoms with E-state index in [2.05, 4.69) is 5.32 Å². The number of ether oxygens (including phenoxy) is 1. The van der Waals surface area contributed by atoms with Crippen LogP contribution in [0.25, 0.3) is 0 Å². The van der Waals surface area contributed by atoms with Crippen molar-refractivity contribution in [1.82, 2.24) is 10.2 Å². The van der Waals surface area contributed by atoms with Gasteiger partial charge in [-0.2, -0.15) is 0 Å². The highest BCUT2D eigenvalue weighted by Crippen LogP contribution is 2.26. The first-order valence-corrected chi connectivity index (χ1v) is 7.51. The summed E-state index contributed by atoms with van der Waals surface area (Å²) in [5.41, 5.74) is 0. The second kappa shape index (κ2) is 7.28. The van der Waals surface area contributed by atoms with E-state index in [0.29, 0.717) is 12.5 Å². The number of hydrogen-bond acceptors (Lipinski definition) is 4. The van der Waals surface area contributed by atoms with Crippen LogP contribution in [0.1, 0.15) is 38.5 Å². The second-order valence-corrected chi connectivity index (χ2v) is 5.68. The summed E-state index contributed by atoms with van der Waals surface area (Å²) in [6, 6.07) is -0.631. The summed E-state index contributed by atoms with van der Waals surface area (Å²) in [7, 11) is 0. The first kappa shape index (κ1) is 15.6. The quantitative estimate of drug-likeness (QED) is 0.762. The van der Waals surface area contributed by atoms with Gasteiger partial charge in [0.25, 0.3) is 0 Å². The predicted octanol–water partition coefficient (Wildman–Crippen LogP) is 0.978. The highest BCUT2D eigenvalue weighted by atomic mass is 16.6. The predicted molar refractivity (Wildman–Crippen MR) is 73.7 cm³/mol. The van der Waals surface area contributed by atoms with E-state index in [-0.39, 0.29) is 25.5 Å². The molecule has 2 aliphatic rings. The van der Waals surface area contributed by atoms with E-state index < -0.39 is 18.1 Å². The van der Waals surface area contributed by atoms with Crippen LogP contribution in [0.5, 0.6) is 0 Å². The minimum Gasteiger partial charge on any atom is -0.481 e. The van der Waals surface area contributed by atoms with Gasteiger partial charge in [0.2, 0.25) is 5.91 Å². The molecule has 0 bridgehead atoms. The smallest absolute Gasteiger partial charge is 0.410 e. The van der Waals surface area contributed by atoms with Crippen molar-refractivity contribution in [3.63, 3.8) is 0 Å². The third-order valence-corrected chi connectivity index (χ3v) is 4.10. The van der Waals surface area contributed by atoms with Gasteiger partial charge in [-0.25, -0.2) is 4.79 Å². The standard InChI is InChI=1S/C14H22N2O5/c17-12(18)6-7-15-13(19)11-9-21-14(20)16(11)8-10-4-2-1-3-5-10/h10-11H,1-9H2,(H,15,19)(H,17,18)/t11-/m0/s1. The molecule has 2 N–H and O–H groups in total. The van der Waals surface area contributed by atoms with Crippen molar-refractivity contribution in [1.29, 1.82) is 0 Å². The molecule has 2 fully saturated rings. The van der Waals surface area contributed by atoms with Crippen molar-refractivity contribution in [2.24, 2.45) is 5.92 Å². The number of rotatable bonds is 6. The third-order valence-electron chi connectivity index (χ3n) is 4.10. The van der Waals surface area contributed by atoms with Gasteiger partial charge in [-0.15, -0.1) is 0 Å². The van der Waals surface area contributed by atoms with Gasteiger partial charge in [0.15, 0.2) is 0 Å². The Morgan fingerprint density at radius 3 is 2.67 bits per heavy atom. The molecule has 2 rings (SSSR count). The third kappa shape index (κ3) is 4.34. The molecule has 2 amide bonds. The first-order valence-electron chi connectivity index (χ1n) is 7.51. The van der Waals surface area contributed by atoms with Crippen molar-refractivity contribution in [2.75, 3.05) is 19.7 Å². The molecule has 0 spiro atoms. The molecular formula is C14H22N2O5. The van der Waals surface area contributed by atoms with Crippen LogP contribution in [0, 0.1) is 5.92 Å². The highest BCUT2D eigenvalue weighted by Gasteiger charge is 2.39. The van der Waals surface area contributed by atoms with Gasteiger partial charge in [-0.05, 0) is 18.8 Å². The summed E-state index contributed by atoms with van der Waals surface area (Å²) in [6.07, 6.45) is 5.16. The molecule has 7 heteroatoms. The summed E-state index contributed by atoms with van der Waals surface area (Å²) in [5.74, 6) is -0.871. The highest BCUT2D eigenvalue weighted by molar-refractivity contribution is 5.88. The second-order valence-electron chi connectivity index (χ2n) is 5.68. The lowest BCUT2D eigenvalue weighted by molar-refractivity contribution is -0.137. The van der Waals surface area contributed by atoms with Crippen LogP contribution in [-0.2, 0) is 14.3 Å². The van der Waals surface area contributed by atoms with E-state index in [1.807, 2.05) is 0 Å². The molecule has 21 heavy (non-hydrogen) atoms. The van der Waals surface area contributed by atoms with Crippen LogP contribution >= 0.6 is 0 Å². The maximum Gasteiger partial charge on any atom is 0.410 e. The molecule has 0 unspecified atom stereocenters. The average Bonchev–Trinajstić information content (AvgIpc) is 2.81. The average molecular weight is 298 g/mol. The lowest BCUT2D eigenvalue weighted by Crippen LogP contribution is -2.47. The normalized spacial score (nSPS) is 23.0. The number of cyclic esters (lactones) is 1. The van der Waals surface area contributed by atoms with E-state index >= 15 is 0 Å². The summed E-state index contributed by atoms with van der Waals surface area (Å²) in [4.78, 5) is 35.8. The van der Waals surface area contributed by atoms with Crippen LogP contribution in [0.2, 0.25) is 0 Å². The van der Waals surface area contributed by atoms with Crippen LogP contribution in [0.15, 0.2) is 0 Å². The number of carboxylic acid groups (broad SMARTS) is 1. The number of carbonyl (C=O) groups is 3. The van der Waals surface area contributed by atoms with Crippen molar-refractivity contribution in [3.8, 4) is 0 Å². The topological polar surface area (TPSA) is 95.9 Å². The lowest BCUT2D eigenvalue weighted by Gasteiger charge is -2.28. The van der Waals surface area contributed by atoms with E-state index in [1.165, 1.54) is 24.2 Å². The first-order chi connectivity index (χ1) is 10.1. The largest absolute Gasteiger partial charge is 0.481 e. The molecule has 1 aliphatic heterocycles. The number of carboxylic acids is 1. The van der Waals surface area contributed by atoms with Gasteiger partial charge in [-0.3, -0.25) is 14.5 Å². The van der Waals surface area contributed by atoms with Crippen LogP contribution < -0.4 is 5.32 Å². The maximum atomic E-state index is 12.0. The lowest BCUT2D eigenvalue weighted by atomic mass is 9.89. The molecule has 7 nitrogen and oxygen atoms in total. The Kier molecular flexibility index (Phi) is 5.41. The Hall–Kier alpha value is -1.79. The van der Waals surface area contributed by atoms with E-state index in [9.17, 15) is 14.4 Å². The molecule has 1 aliphatic carbocycles. The summed E-state index contributed by atoms with van der Waals surface area (Å²) >= 11 is 0. The van der Waals surface area contributed by atoms with Crippen molar-refractivity contribution in [3.05, 3.63) is 0 Å². The molecule has 1 saturated heterocycles. The Bertz CT molecular complexity index is 406. The Balaban J connectivity index is 1.86. The van der Waals surface area contributed by atoms with E-state index in [0.717, 1.165) is 12.8 Å². The van der Waals surface area contributed by atoms with Crippen LogP contribution in [-0.4, -0.2) is 53.7 Å². The monoisotopic (exact) mass is 298 g/mol. The fourth-order valence-corrected chi connectivity index (χ4v) is 2.93. The maximum absolute atomic E-state index is 12.0. The molecule has 0 aromatic carbocycles. The van der Waals surface area contributed by atoms with Gasteiger partial charge >= 0.3 is 12.1 Å². The zero-order valence-corrected chi connectivity index (χ0v) is 12.0. The fraction of sp³-hybridized carbons (Fsp3) is 0.786. The van der Waals surface area contributed by atoms with Gasteiger partial charge < -0.3 is 15.2 Å². The molecule has 1 saturated carbocycles. The van der Waals surface area contributed by atoms with Gasteiger partial charge in [-0.1, -0.05) is 19.3 Å². The summed E-state index contributed by atoms with van der Waals surface area (Å²) < 4.78 is 4.98. The Morgan fingerprint density at radius 2 is 2.00 bits per heavy atom. The molecule has 118 valence electrons. The molecule has 0 radical (unpaired) electrons. The zero-order chi connectivity index (χ0) is 15.2. The van der Waals surface area contributed by atoms with Gasteiger partial charge in [0.1, 0.15) is 12.6 Å². The Morgan fingerprint density at radius 1 is 1.29 bits per heavy atom. The molecular weight excluding hydrogens is 276 g/mol. The molecule has 1 heterocycles. The zero-order valence-electron chi connectivity index (χ0n) is 12.0. The number of amides is 2. The minimum atomic E-state index is -0.965. The van der Waals surface area contributed by atoms with Crippen LogP contribution in [0.3, 0.4) is 0 Å². The number of nitrogens with zero attached hydrogens (tertiary/aromatic N) is 1. The fourth-order valence-electron chi connectivity index (χ4n) is 2.93. The number of carbonyl (C=O) groups excluding carboxylic acids is 2. The van der Waals surface area contributed by atoms with Gasteiger partial charge in [0, 0.05) is 13.1 Å². The summed E-state index contributed by atoms with van der Waals surface area (Å²) in [5, 5.41) is 11.1.